The minimum absolute atomic E-state index is 0.359. The maximum absolute atomic E-state index is 11.3. The second-order valence-corrected chi connectivity index (χ2v) is 4.87. The smallest absolute Gasteiger partial charge is 0.337 e. The first-order valence-electron chi connectivity index (χ1n) is 6.42. The van der Waals surface area contributed by atoms with Crippen molar-refractivity contribution in [2.75, 3.05) is 17.7 Å². The lowest BCUT2D eigenvalue weighted by Gasteiger charge is -2.12. The number of thiocarbonyl (C=S) groups is 1. The Morgan fingerprint density at radius 3 is 2.33 bits per heavy atom. The summed E-state index contributed by atoms with van der Waals surface area (Å²) in [5, 5.41) is 6.70. The average molecular weight is 300 g/mol. The van der Waals surface area contributed by atoms with E-state index in [9.17, 15) is 4.79 Å². The van der Waals surface area contributed by atoms with Gasteiger partial charge in [-0.3, -0.25) is 0 Å². The maximum Gasteiger partial charge on any atom is 0.337 e. The number of esters is 1. The summed E-state index contributed by atoms with van der Waals surface area (Å²) in [5.74, 6) is -0.359. The Kier molecular flexibility index (Phi) is 4.90. The van der Waals surface area contributed by atoms with Gasteiger partial charge in [-0.05, 0) is 55.0 Å². The van der Waals surface area contributed by atoms with Crippen molar-refractivity contribution >= 4 is 34.7 Å². The average Bonchev–Trinajstić information content (AvgIpc) is 2.49. The monoisotopic (exact) mass is 300 g/mol. The third kappa shape index (κ3) is 4.03. The van der Waals surface area contributed by atoms with Crippen molar-refractivity contribution in [1.82, 2.24) is 0 Å². The lowest BCUT2D eigenvalue weighted by atomic mass is 10.2. The minimum atomic E-state index is -0.359. The van der Waals surface area contributed by atoms with Gasteiger partial charge in [-0.1, -0.05) is 18.2 Å². The molecule has 108 valence electrons. The molecule has 5 heteroatoms. The molecule has 4 nitrogen and oxygen atoms in total. The first-order valence-corrected chi connectivity index (χ1v) is 6.83. The van der Waals surface area contributed by atoms with Crippen LogP contribution in [-0.2, 0) is 4.74 Å². The van der Waals surface area contributed by atoms with Crippen LogP contribution >= 0.6 is 12.2 Å². The van der Waals surface area contributed by atoms with Crippen LogP contribution in [0.25, 0.3) is 0 Å². The molecular formula is C16H16N2O2S. The normalized spacial score (nSPS) is 9.81. The number of rotatable bonds is 3. The quantitative estimate of drug-likeness (QED) is 0.670. The van der Waals surface area contributed by atoms with Gasteiger partial charge in [0, 0.05) is 11.4 Å². The molecule has 0 atom stereocenters. The summed E-state index contributed by atoms with van der Waals surface area (Å²) in [4.78, 5) is 11.3. The fourth-order valence-electron chi connectivity index (χ4n) is 1.81. The maximum atomic E-state index is 11.3. The Hall–Kier alpha value is -2.40. The Balaban J connectivity index is 2.00. The van der Waals surface area contributed by atoms with Gasteiger partial charge in [-0.25, -0.2) is 4.79 Å². The van der Waals surface area contributed by atoms with E-state index >= 15 is 0 Å². The summed E-state index contributed by atoms with van der Waals surface area (Å²) in [6.07, 6.45) is 0. The molecule has 0 saturated carbocycles. The Labute approximate surface area is 129 Å². The second kappa shape index (κ2) is 6.85. The van der Waals surface area contributed by atoms with Gasteiger partial charge in [0.1, 0.15) is 0 Å². The van der Waals surface area contributed by atoms with Crippen molar-refractivity contribution in [2.24, 2.45) is 0 Å². The first kappa shape index (κ1) is 15.0. The van der Waals surface area contributed by atoms with E-state index in [1.165, 1.54) is 7.11 Å². The number of hydrogen-bond donors (Lipinski definition) is 2. The van der Waals surface area contributed by atoms with E-state index in [1.807, 2.05) is 31.2 Å². The summed E-state index contributed by atoms with van der Waals surface area (Å²) in [7, 11) is 1.36. The Morgan fingerprint density at radius 2 is 1.71 bits per heavy atom. The molecule has 0 aromatic heterocycles. The standard InChI is InChI=1S/C16H16N2O2S/c1-11-5-3-4-6-14(11)18-16(21)17-13-9-7-12(8-10-13)15(19)20-2/h3-10H,1-2H3,(H2,17,18,21). The van der Waals surface area contributed by atoms with Crippen molar-refractivity contribution in [3.8, 4) is 0 Å². The number of aryl methyl sites for hydroxylation is 1. The molecule has 2 rings (SSSR count). The highest BCUT2D eigenvalue weighted by Crippen LogP contribution is 2.15. The van der Waals surface area contributed by atoms with Crippen molar-refractivity contribution in [3.05, 3.63) is 59.7 Å². The van der Waals surface area contributed by atoms with Gasteiger partial charge in [0.05, 0.1) is 12.7 Å². The van der Waals surface area contributed by atoms with Gasteiger partial charge in [0.25, 0.3) is 0 Å². The number of hydrogen-bond acceptors (Lipinski definition) is 3. The number of para-hydroxylation sites is 1. The van der Waals surface area contributed by atoms with Crippen molar-refractivity contribution in [1.29, 1.82) is 0 Å². The molecule has 0 radical (unpaired) electrons. The SMILES string of the molecule is COC(=O)c1ccc(NC(=S)Nc2ccccc2C)cc1. The molecule has 2 aromatic rings. The third-order valence-electron chi connectivity index (χ3n) is 2.96. The summed E-state index contributed by atoms with van der Waals surface area (Å²) < 4.78 is 4.65. The zero-order valence-corrected chi connectivity index (χ0v) is 12.7. The summed E-state index contributed by atoms with van der Waals surface area (Å²) in [6, 6.07) is 14.8. The molecule has 0 aliphatic carbocycles. The van der Waals surface area contributed by atoms with Crippen molar-refractivity contribution < 1.29 is 9.53 Å². The summed E-state index contributed by atoms with van der Waals surface area (Å²) >= 11 is 5.27. The van der Waals surface area contributed by atoms with Crippen LogP contribution in [0.3, 0.4) is 0 Å². The number of nitrogens with one attached hydrogen (secondary N) is 2. The number of benzene rings is 2. The van der Waals surface area contributed by atoms with E-state index in [1.54, 1.807) is 24.3 Å². The van der Waals surface area contributed by atoms with E-state index < -0.39 is 0 Å². The van der Waals surface area contributed by atoms with Crippen LogP contribution in [0.15, 0.2) is 48.5 Å². The zero-order chi connectivity index (χ0) is 15.2. The van der Waals surface area contributed by atoms with Crippen LogP contribution < -0.4 is 10.6 Å². The first-order chi connectivity index (χ1) is 10.1. The highest BCUT2D eigenvalue weighted by molar-refractivity contribution is 7.80. The third-order valence-corrected chi connectivity index (χ3v) is 3.16. The van der Waals surface area contributed by atoms with Crippen molar-refractivity contribution in [3.63, 3.8) is 0 Å². The predicted octanol–water partition coefficient (Wildman–Crippen LogP) is 3.59. The summed E-state index contributed by atoms with van der Waals surface area (Å²) in [6.45, 7) is 2.01. The fourth-order valence-corrected chi connectivity index (χ4v) is 2.03. The number of carbonyl (C=O) groups is 1. The molecule has 0 unspecified atom stereocenters. The van der Waals surface area contributed by atoms with Crippen LogP contribution in [-0.4, -0.2) is 18.2 Å². The second-order valence-electron chi connectivity index (χ2n) is 4.46. The van der Waals surface area contributed by atoms with E-state index in [4.69, 9.17) is 12.2 Å². The zero-order valence-electron chi connectivity index (χ0n) is 11.8. The number of ether oxygens (including phenoxy) is 1. The Bertz CT molecular complexity index is 654. The molecule has 21 heavy (non-hydrogen) atoms. The van der Waals surface area contributed by atoms with Crippen LogP contribution in [0.4, 0.5) is 11.4 Å². The molecule has 0 bridgehead atoms. The molecule has 2 aromatic carbocycles. The molecule has 0 fully saturated rings. The molecular weight excluding hydrogens is 284 g/mol. The number of carbonyl (C=O) groups excluding carboxylic acids is 1. The topological polar surface area (TPSA) is 50.4 Å². The Morgan fingerprint density at radius 1 is 1.05 bits per heavy atom. The summed E-state index contributed by atoms with van der Waals surface area (Å²) in [5.41, 5.74) is 3.37. The van der Waals surface area contributed by atoms with E-state index in [2.05, 4.69) is 15.4 Å². The molecule has 0 aliphatic rings. The lowest BCUT2D eigenvalue weighted by Crippen LogP contribution is -2.19. The fraction of sp³-hybridized carbons (Fsp3) is 0.125. The van der Waals surface area contributed by atoms with Crippen LogP contribution in [0.2, 0.25) is 0 Å². The van der Waals surface area contributed by atoms with Crippen LogP contribution in [0.1, 0.15) is 15.9 Å². The number of methoxy groups -OCH3 is 1. The van der Waals surface area contributed by atoms with Crippen molar-refractivity contribution in [2.45, 2.75) is 6.92 Å². The molecule has 2 N–H and O–H groups in total. The van der Waals surface area contributed by atoms with Gasteiger partial charge < -0.3 is 15.4 Å². The van der Waals surface area contributed by atoms with E-state index in [0.717, 1.165) is 16.9 Å². The molecule has 0 spiro atoms. The van der Waals surface area contributed by atoms with Crippen LogP contribution in [0.5, 0.6) is 0 Å². The molecule has 0 amide bonds. The highest BCUT2D eigenvalue weighted by atomic mass is 32.1. The van der Waals surface area contributed by atoms with Gasteiger partial charge in [0.2, 0.25) is 0 Å². The van der Waals surface area contributed by atoms with Gasteiger partial charge in [-0.2, -0.15) is 0 Å². The largest absolute Gasteiger partial charge is 0.465 e. The highest BCUT2D eigenvalue weighted by Gasteiger charge is 2.05. The molecule has 0 saturated heterocycles. The molecule has 0 heterocycles. The number of anilines is 2. The molecule has 0 aliphatic heterocycles. The minimum Gasteiger partial charge on any atom is -0.465 e. The van der Waals surface area contributed by atoms with E-state index in [-0.39, 0.29) is 5.97 Å². The predicted molar refractivity (Wildman–Crippen MR) is 88.8 cm³/mol. The van der Waals surface area contributed by atoms with Crippen LogP contribution in [0, 0.1) is 6.92 Å². The van der Waals surface area contributed by atoms with Gasteiger partial charge in [-0.15, -0.1) is 0 Å². The van der Waals surface area contributed by atoms with E-state index in [0.29, 0.717) is 10.7 Å². The van der Waals surface area contributed by atoms with Gasteiger partial charge >= 0.3 is 5.97 Å². The lowest BCUT2D eigenvalue weighted by molar-refractivity contribution is 0.0601. The van der Waals surface area contributed by atoms with Gasteiger partial charge in [0.15, 0.2) is 5.11 Å².